The molecule has 0 atom stereocenters. The van der Waals surface area contributed by atoms with E-state index in [4.69, 9.17) is 4.74 Å². The van der Waals surface area contributed by atoms with E-state index in [9.17, 15) is 28.3 Å². The molecule has 0 fully saturated rings. The lowest BCUT2D eigenvalue weighted by molar-refractivity contribution is -0.108. The molecular weight excluding hydrogens is 314 g/mol. The number of ether oxygens (including phenoxy) is 1. The Labute approximate surface area is 128 Å². The van der Waals surface area contributed by atoms with Crippen molar-refractivity contribution in [3.05, 3.63) is 39.7 Å². The van der Waals surface area contributed by atoms with Gasteiger partial charge in [-0.05, 0) is 13.0 Å². The monoisotopic (exact) mass is 326 g/mol. The average molecular weight is 326 g/mol. The van der Waals surface area contributed by atoms with Crippen LogP contribution in [0.1, 0.15) is 17.3 Å². The van der Waals surface area contributed by atoms with Crippen molar-refractivity contribution in [3.8, 4) is 5.75 Å². The number of hydrogen-bond donors (Lipinski definition) is 1. The number of esters is 1. The van der Waals surface area contributed by atoms with Crippen molar-refractivity contribution in [1.29, 1.82) is 0 Å². The van der Waals surface area contributed by atoms with E-state index in [1.54, 1.807) is 0 Å². The summed E-state index contributed by atoms with van der Waals surface area (Å²) in [7, 11) is 1.23. The van der Waals surface area contributed by atoms with Crippen molar-refractivity contribution in [1.82, 2.24) is 4.68 Å². The van der Waals surface area contributed by atoms with E-state index in [0.717, 1.165) is 15.9 Å². The molecule has 1 amide bonds. The fraction of sp³-hybridized carbons (Fsp3) is 0.214. The molecule has 9 heteroatoms. The molecule has 0 bridgehead atoms. The second-order valence-electron chi connectivity index (χ2n) is 4.53. The third kappa shape index (κ3) is 2.60. The summed E-state index contributed by atoms with van der Waals surface area (Å²) in [6, 6.07) is 0.546. The highest BCUT2D eigenvalue weighted by Gasteiger charge is 2.23. The smallest absolute Gasteiger partial charge is 0.343 e. The summed E-state index contributed by atoms with van der Waals surface area (Å²) in [5.74, 6) is -5.18. The lowest BCUT2D eigenvalue weighted by Crippen LogP contribution is -2.32. The van der Waals surface area contributed by atoms with Crippen LogP contribution >= 0.6 is 0 Å². The van der Waals surface area contributed by atoms with Crippen LogP contribution in [0.25, 0.3) is 10.9 Å². The number of carbonyl (C=O) groups is 2. The van der Waals surface area contributed by atoms with Crippen molar-refractivity contribution in [3.63, 3.8) is 0 Å². The first kappa shape index (κ1) is 16.4. The number of benzene rings is 1. The zero-order valence-electron chi connectivity index (χ0n) is 12.2. The van der Waals surface area contributed by atoms with E-state index in [-0.39, 0.29) is 6.61 Å². The van der Waals surface area contributed by atoms with Gasteiger partial charge in [0, 0.05) is 13.2 Å². The number of pyridine rings is 1. The molecule has 1 N–H and O–H groups in total. The number of phenolic OH excluding ortho intramolecular Hbond substituents is 1. The van der Waals surface area contributed by atoms with Gasteiger partial charge >= 0.3 is 5.97 Å². The van der Waals surface area contributed by atoms with Crippen LogP contribution < -0.4 is 10.4 Å². The molecule has 0 radical (unpaired) electrons. The molecular formula is C14H12F2N2O5. The van der Waals surface area contributed by atoms with Gasteiger partial charge in [0.1, 0.15) is 11.1 Å². The maximum absolute atomic E-state index is 13.6. The number of aromatic hydroxyl groups is 1. The molecule has 122 valence electrons. The van der Waals surface area contributed by atoms with Crippen LogP contribution in [0.4, 0.5) is 8.78 Å². The topological polar surface area (TPSA) is 88.8 Å². The van der Waals surface area contributed by atoms with Gasteiger partial charge in [0.15, 0.2) is 11.6 Å². The predicted octanol–water partition coefficient (Wildman–Crippen LogP) is 0.886. The van der Waals surface area contributed by atoms with Gasteiger partial charge in [0.2, 0.25) is 17.7 Å². The van der Waals surface area contributed by atoms with Gasteiger partial charge in [-0.1, -0.05) is 0 Å². The van der Waals surface area contributed by atoms with Gasteiger partial charge in [-0.2, -0.15) is 4.39 Å². The lowest BCUT2D eigenvalue weighted by Gasteiger charge is -2.20. The van der Waals surface area contributed by atoms with E-state index in [1.807, 2.05) is 0 Å². The minimum absolute atomic E-state index is 0.0111. The number of carbonyl (C=O) groups excluding carboxylic acids is 2. The number of rotatable bonds is 4. The number of amides is 1. The second-order valence-corrected chi connectivity index (χ2v) is 4.53. The first-order valence-corrected chi connectivity index (χ1v) is 6.45. The van der Waals surface area contributed by atoms with Crippen molar-refractivity contribution in [2.45, 2.75) is 6.92 Å². The molecule has 0 saturated carbocycles. The van der Waals surface area contributed by atoms with Crippen LogP contribution in [0.2, 0.25) is 0 Å². The fourth-order valence-corrected chi connectivity index (χ4v) is 2.05. The molecule has 1 aromatic heterocycles. The quantitative estimate of drug-likeness (QED) is 0.666. The summed E-state index contributed by atoms with van der Waals surface area (Å²) in [6.07, 6.45) is 1.20. The third-order valence-electron chi connectivity index (χ3n) is 3.13. The van der Waals surface area contributed by atoms with Gasteiger partial charge < -0.3 is 9.84 Å². The summed E-state index contributed by atoms with van der Waals surface area (Å²) in [6.45, 7) is 1.51. The highest BCUT2D eigenvalue weighted by molar-refractivity contribution is 5.95. The molecule has 2 aromatic rings. The van der Waals surface area contributed by atoms with Crippen LogP contribution in [0.3, 0.4) is 0 Å². The molecule has 0 aliphatic heterocycles. The molecule has 0 spiro atoms. The van der Waals surface area contributed by atoms with Crippen LogP contribution in [-0.4, -0.2) is 35.8 Å². The Bertz CT molecular complexity index is 863. The maximum atomic E-state index is 13.6. The zero-order valence-corrected chi connectivity index (χ0v) is 12.2. The molecule has 23 heavy (non-hydrogen) atoms. The Balaban J connectivity index is 2.97. The summed E-state index contributed by atoms with van der Waals surface area (Å²) >= 11 is 0. The van der Waals surface area contributed by atoms with Crippen LogP contribution in [0.15, 0.2) is 17.1 Å². The van der Waals surface area contributed by atoms with Crippen molar-refractivity contribution < 1.29 is 28.2 Å². The highest BCUT2D eigenvalue weighted by Crippen LogP contribution is 2.28. The number of aromatic nitrogens is 1. The number of fused-ring (bicyclic) bond motifs is 1. The van der Waals surface area contributed by atoms with E-state index < -0.39 is 45.2 Å². The lowest BCUT2D eigenvalue weighted by atomic mass is 10.1. The Morgan fingerprint density at radius 1 is 1.48 bits per heavy atom. The third-order valence-corrected chi connectivity index (χ3v) is 3.13. The second kappa shape index (κ2) is 6.03. The SMILES string of the molecule is CCOC(=O)c1cn(N(C)C=O)c2c(O)c(F)c(F)cc2c1=O. The van der Waals surface area contributed by atoms with Crippen molar-refractivity contribution >= 4 is 23.3 Å². The van der Waals surface area contributed by atoms with Crippen molar-refractivity contribution in [2.24, 2.45) is 0 Å². The van der Waals surface area contributed by atoms with Gasteiger partial charge in [-0.3, -0.25) is 19.3 Å². The molecule has 0 unspecified atom stereocenters. The molecule has 0 aliphatic carbocycles. The standard InChI is InChI=1S/C14H12F2N2O5/c1-3-23-14(22)8-5-18(17(2)6-19)11-7(12(8)20)4-9(15)10(16)13(11)21/h4-6,21H,3H2,1-2H3. The number of halogens is 2. The first-order chi connectivity index (χ1) is 10.8. The van der Waals surface area contributed by atoms with E-state index in [2.05, 4.69) is 0 Å². The van der Waals surface area contributed by atoms with E-state index in [1.165, 1.54) is 14.0 Å². The van der Waals surface area contributed by atoms with Gasteiger partial charge in [0.25, 0.3) is 0 Å². The maximum Gasteiger partial charge on any atom is 0.343 e. The van der Waals surface area contributed by atoms with Crippen LogP contribution in [-0.2, 0) is 9.53 Å². The van der Waals surface area contributed by atoms with Crippen LogP contribution in [0, 0.1) is 11.6 Å². The summed E-state index contributed by atoms with van der Waals surface area (Å²) in [5, 5.41) is 10.2. The predicted molar refractivity (Wildman–Crippen MR) is 76.0 cm³/mol. The average Bonchev–Trinajstić information content (AvgIpc) is 2.53. The Hall–Kier alpha value is -2.97. The number of phenols is 1. The minimum Gasteiger partial charge on any atom is -0.503 e. The largest absolute Gasteiger partial charge is 0.503 e. The summed E-state index contributed by atoms with van der Waals surface area (Å²) in [5.41, 5.74) is -1.89. The van der Waals surface area contributed by atoms with Gasteiger partial charge in [-0.25, -0.2) is 9.18 Å². The fourth-order valence-electron chi connectivity index (χ4n) is 2.05. The zero-order chi connectivity index (χ0) is 17.3. The van der Waals surface area contributed by atoms with Crippen LogP contribution in [0.5, 0.6) is 5.75 Å². The van der Waals surface area contributed by atoms with Crippen molar-refractivity contribution in [2.75, 3.05) is 18.7 Å². The normalized spacial score (nSPS) is 10.6. The van der Waals surface area contributed by atoms with Gasteiger partial charge in [0.05, 0.1) is 12.0 Å². The number of nitrogens with zero attached hydrogens (tertiary/aromatic N) is 2. The Morgan fingerprint density at radius 2 is 2.13 bits per heavy atom. The molecule has 7 nitrogen and oxygen atoms in total. The molecule has 0 aliphatic rings. The first-order valence-electron chi connectivity index (χ1n) is 6.45. The molecule has 2 rings (SSSR count). The van der Waals surface area contributed by atoms with E-state index >= 15 is 0 Å². The Kier molecular flexibility index (Phi) is 4.30. The molecule has 1 heterocycles. The summed E-state index contributed by atoms with van der Waals surface area (Å²) in [4.78, 5) is 35.1. The number of hydrogen-bond acceptors (Lipinski definition) is 5. The molecule has 0 saturated heterocycles. The summed E-state index contributed by atoms with van der Waals surface area (Å²) < 4.78 is 32.7. The Morgan fingerprint density at radius 3 is 2.70 bits per heavy atom. The molecule has 1 aromatic carbocycles. The van der Waals surface area contributed by atoms with Gasteiger partial charge in [-0.15, -0.1) is 0 Å². The highest BCUT2D eigenvalue weighted by atomic mass is 19.2. The minimum atomic E-state index is -1.58. The van der Waals surface area contributed by atoms with E-state index in [0.29, 0.717) is 12.5 Å².